The Bertz CT molecular complexity index is 1460. The topological polar surface area (TPSA) is 91.5 Å². The second-order valence-corrected chi connectivity index (χ2v) is 9.51. The minimum absolute atomic E-state index is 0.247. The van der Waals surface area contributed by atoms with Gasteiger partial charge in [-0.25, -0.2) is 9.97 Å². The SMILES string of the molecule is CC(c1nccnc1-c1ccc(C#N)cn1)N(CC1CC1)c1ncnc2c(Br)cc(C(F)(F)F)cc12. The van der Waals surface area contributed by atoms with Crippen LogP contribution in [0, 0.1) is 17.2 Å². The van der Waals surface area contributed by atoms with Crippen molar-refractivity contribution in [1.29, 1.82) is 5.26 Å². The van der Waals surface area contributed by atoms with E-state index in [1.54, 1.807) is 24.5 Å². The van der Waals surface area contributed by atoms with E-state index in [-0.39, 0.29) is 4.47 Å². The van der Waals surface area contributed by atoms with Crippen LogP contribution >= 0.6 is 15.9 Å². The van der Waals surface area contributed by atoms with Gasteiger partial charge in [0.05, 0.1) is 34.1 Å². The molecular weight excluding hydrogens is 535 g/mol. The van der Waals surface area contributed by atoms with Gasteiger partial charge in [-0.3, -0.25) is 15.0 Å². The van der Waals surface area contributed by atoms with Crippen molar-refractivity contribution in [1.82, 2.24) is 24.9 Å². The van der Waals surface area contributed by atoms with Crippen molar-refractivity contribution in [2.45, 2.75) is 32.0 Å². The number of fused-ring (bicyclic) bond motifs is 1. The van der Waals surface area contributed by atoms with E-state index in [1.807, 2.05) is 17.9 Å². The van der Waals surface area contributed by atoms with E-state index in [4.69, 9.17) is 5.26 Å². The molecule has 4 aromatic rings. The molecule has 0 N–H and O–H groups in total. The van der Waals surface area contributed by atoms with E-state index < -0.39 is 17.8 Å². The smallest absolute Gasteiger partial charge is 0.347 e. The number of nitriles is 1. The number of alkyl halides is 3. The summed E-state index contributed by atoms with van der Waals surface area (Å²) in [5.74, 6) is 0.801. The molecule has 1 aromatic carbocycles. The molecule has 1 aliphatic carbocycles. The summed E-state index contributed by atoms with van der Waals surface area (Å²) in [6.07, 6.45) is 3.52. The second-order valence-electron chi connectivity index (χ2n) is 8.66. The summed E-state index contributed by atoms with van der Waals surface area (Å²) in [5, 5.41) is 9.40. The third-order valence-corrected chi connectivity index (χ3v) is 6.75. The first kappa shape index (κ1) is 24.1. The number of hydrogen-bond acceptors (Lipinski definition) is 7. The summed E-state index contributed by atoms with van der Waals surface area (Å²) in [4.78, 5) is 24.1. The maximum atomic E-state index is 13.6. The fraction of sp³-hybridized carbons (Fsp3) is 0.280. The highest BCUT2D eigenvalue weighted by Gasteiger charge is 2.34. The van der Waals surface area contributed by atoms with Crippen molar-refractivity contribution in [3.05, 3.63) is 70.5 Å². The normalized spacial score (nSPS) is 14.4. The maximum absolute atomic E-state index is 13.6. The van der Waals surface area contributed by atoms with Crippen LogP contribution in [0.2, 0.25) is 0 Å². The van der Waals surface area contributed by atoms with Gasteiger partial charge in [0.25, 0.3) is 0 Å². The Morgan fingerprint density at radius 3 is 2.56 bits per heavy atom. The Kier molecular flexibility index (Phi) is 6.30. The van der Waals surface area contributed by atoms with Gasteiger partial charge in [-0.05, 0) is 65.9 Å². The van der Waals surface area contributed by atoms with Crippen LogP contribution in [0.4, 0.5) is 19.0 Å². The van der Waals surface area contributed by atoms with E-state index in [0.29, 0.717) is 51.8 Å². The molecule has 0 saturated heterocycles. The number of aromatic nitrogens is 5. The summed E-state index contributed by atoms with van der Waals surface area (Å²) in [5.41, 5.74) is 1.73. The summed E-state index contributed by atoms with van der Waals surface area (Å²) < 4.78 is 41.2. The highest BCUT2D eigenvalue weighted by Crippen LogP contribution is 2.41. The fourth-order valence-electron chi connectivity index (χ4n) is 4.11. The van der Waals surface area contributed by atoms with Gasteiger partial charge in [-0.1, -0.05) is 0 Å². The molecule has 0 bridgehead atoms. The molecule has 36 heavy (non-hydrogen) atoms. The molecule has 11 heteroatoms. The van der Waals surface area contributed by atoms with Crippen molar-refractivity contribution in [3.63, 3.8) is 0 Å². The minimum Gasteiger partial charge on any atom is -0.347 e. The van der Waals surface area contributed by atoms with Crippen LogP contribution in [0.5, 0.6) is 0 Å². The third kappa shape index (κ3) is 4.73. The lowest BCUT2D eigenvalue weighted by atomic mass is 10.1. The molecule has 0 amide bonds. The van der Waals surface area contributed by atoms with Crippen molar-refractivity contribution in [3.8, 4) is 17.5 Å². The van der Waals surface area contributed by atoms with Gasteiger partial charge in [0.15, 0.2) is 0 Å². The predicted molar refractivity (Wildman–Crippen MR) is 131 cm³/mol. The molecule has 1 atom stereocenters. The third-order valence-electron chi connectivity index (χ3n) is 6.15. The first-order valence-electron chi connectivity index (χ1n) is 11.2. The van der Waals surface area contributed by atoms with Gasteiger partial charge in [0.1, 0.15) is 23.9 Å². The summed E-state index contributed by atoms with van der Waals surface area (Å²) in [6, 6.07) is 7.14. The quantitative estimate of drug-likeness (QED) is 0.284. The number of pyridine rings is 1. The van der Waals surface area contributed by atoms with Crippen molar-refractivity contribution >= 4 is 32.7 Å². The molecule has 0 spiro atoms. The largest absolute Gasteiger partial charge is 0.416 e. The zero-order valence-electron chi connectivity index (χ0n) is 19.0. The molecule has 0 aliphatic heterocycles. The van der Waals surface area contributed by atoms with Crippen LogP contribution in [-0.4, -0.2) is 31.5 Å². The van der Waals surface area contributed by atoms with Crippen LogP contribution < -0.4 is 4.90 Å². The van der Waals surface area contributed by atoms with Gasteiger partial charge in [0.2, 0.25) is 0 Å². The lowest BCUT2D eigenvalue weighted by molar-refractivity contribution is -0.137. The van der Waals surface area contributed by atoms with E-state index in [1.165, 1.54) is 12.5 Å². The van der Waals surface area contributed by atoms with Crippen LogP contribution in [0.15, 0.2) is 53.7 Å². The molecule has 1 saturated carbocycles. The minimum atomic E-state index is -4.52. The highest BCUT2D eigenvalue weighted by atomic mass is 79.9. The van der Waals surface area contributed by atoms with Crippen LogP contribution in [0.25, 0.3) is 22.3 Å². The van der Waals surface area contributed by atoms with Crippen LogP contribution in [0.3, 0.4) is 0 Å². The van der Waals surface area contributed by atoms with E-state index >= 15 is 0 Å². The monoisotopic (exact) mass is 553 g/mol. The predicted octanol–water partition coefficient (Wildman–Crippen LogP) is 6.11. The number of hydrogen-bond donors (Lipinski definition) is 0. The zero-order valence-corrected chi connectivity index (χ0v) is 20.6. The summed E-state index contributed by atoms with van der Waals surface area (Å²) in [7, 11) is 0. The van der Waals surface area contributed by atoms with Crippen molar-refractivity contribution in [2.75, 3.05) is 11.4 Å². The average molecular weight is 554 g/mol. The van der Waals surface area contributed by atoms with Crippen LogP contribution in [-0.2, 0) is 6.18 Å². The molecule has 3 heterocycles. The van der Waals surface area contributed by atoms with Gasteiger partial charge < -0.3 is 4.90 Å². The molecular formula is C25H19BrF3N7. The summed E-state index contributed by atoms with van der Waals surface area (Å²) in [6.45, 7) is 2.52. The first-order chi connectivity index (χ1) is 17.3. The summed E-state index contributed by atoms with van der Waals surface area (Å²) >= 11 is 3.26. The fourth-order valence-corrected chi connectivity index (χ4v) is 4.67. The Morgan fingerprint density at radius 2 is 1.89 bits per heavy atom. The second kappa shape index (κ2) is 9.43. The number of halogens is 4. The van der Waals surface area contributed by atoms with Crippen LogP contribution in [0.1, 0.15) is 42.6 Å². The molecule has 182 valence electrons. The van der Waals surface area contributed by atoms with E-state index in [0.717, 1.165) is 25.0 Å². The lowest BCUT2D eigenvalue weighted by Crippen LogP contribution is -2.31. The van der Waals surface area contributed by atoms with Gasteiger partial charge in [-0.15, -0.1) is 0 Å². The van der Waals surface area contributed by atoms with Gasteiger partial charge in [0, 0.05) is 35.0 Å². The molecule has 0 radical (unpaired) electrons. The lowest BCUT2D eigenvalue weighted by Gasteiger charge is -2.31. The highest BCUT2D eigenvalue weighted by molar-refractivity contribution is 9.10. The Balaban J connectivity index is 1.64. The maximum Gasteiger partial charge on any atom is 0.416 e. The van der Waals surface area contributed by atoms with E-state index in [9.17, 15) is 13.2 Å². The van der Waals surface area contributed by atoms with Crippen molar-refractivity contribution in [2.24, 2.45) is 5.92 Å². The number of rotatable bonds is 6. The Morgan fingerprint density at radius 1 is 1.11 bits per heavy atom. The van der Waals surface area contributed by atoms with Gasteiger partial charge >= 0.3 is 6.18 Å². The molecule has 5 rings (SSSR count). The average Bonchev–Trinajstić information content (AvgIpc) is 3.70. The number of benzene rings is 1. The molecule has 7 nitrogen and oxygen atoms in total. The molecule has 1 aliphatic rings. The van der Waals surface area contributed by atoms with Gasteiger partial charge in [-0.2, -0.15) is 18.4 Å². The van der Waals surface area contributed by atoms with Crippen molar-refractivity contribution < 1.29 is 13.2 Å². The Labute approximate surface area is 213 Å². The van der Waals surface area contributed by atoms with E-state index in [2.05, 4.69) is 40.8 Å². The zero-order chi connectivity index (χ0) is 25.4. The number of nitrogens with zero attached hydrogens (tertiary/aromatic N) is 7. The molecule has 1 fully saturated rings. The molecule has 3 aromatic heterocycles. The first-order valence-corrected chi connectivity index (χ1v) is 12.0. The Hall–Kier alpha value is -3.65. The standard InChI is InChI=1S/C25H19BrF3N7/c1-14(21-23(32-7-6-31-21)20-5-4-16(10-30)11-33-20)36(12-15-2-3-15)24-18-8-17(25(27,28)29)9-19(26)22(18)34-13-35-24/h4-9,11,13-15H,2-3,12H2,1H3. The number of anilines is 1. The molecule has 1 unspecified atom stereocenters.